The van der Waals surface area contributed by atoms with E-state index in [1.165, 1.54) is 18.1 Å². The molecule has 1 heterocycles. The Morgan fingerprint density at radius 2 is 2.09 bits per heavy atom. The van der Waals surface area contributed by atoms with Crippen LogP contribution in [0, 0.1) is 0 Å². The van der Waals surface area contributed by atoms with E-state index in [1.807, 2.05) is 0 Å². The Hall–Kier alpha value is -1.43. The molecule has 124 valence electrons. The van der Waals surface area contributed by atoms with Gasteiger partial charge in [-0.05, 0) is 43.5 Å². The van der Waals surface area contributed by atoms with Gasteiger partial charge >= 0.3 is 6.18 Å². The summed E-state index contributed by atoms with van der Waals surface area (Å²) in [6.45, 7) is 2.38. The molecule has 1 N–H and O–H groups in total. The average molecular weight is 317 g/mol. The van der Waals surface area contributed by atoms with E-state index in [0.29, 0.717) is 30.7 Å². The quantitative estimate of drug-likeness (QED) is 0.887. The fourth-order valence-corrected chi connectivity index (χ4v) is 3.38. The van der Waals surface area contributed by atoms with E-state index in [0.717, 1.165) is 0 Å². The second-order valence-corrected chi connectivity index (χ2v) is 5.81. The first-order chi connectivity index (χ1) is 10.3. The second kappa shape index (κ2) is 6.36. The van der Waals surface area contributed by atoms with Crippen LogP contribution in [0.2, 0.25) is 0 Å². The Morgan fingerprint density at radius 3 is 2.64 bits per heavy atom. The Morgan fingerprint density at radius 1 is 1.36 bits per heavy atom. The third kappa shape index (κ3) is 3.02. The Labute approximate surface area is 128 Å². The molecule has 1 fully saturated rings. The van der Waals surface area contributed by atoms with Gasteiger partial charge in [0.25, 0.3) is 0 Å². The van der Waals surface area contributed by atoms with Gasteiger partial charge in [0.1, 0.15) is 5.54 Å². The molecule has 0 bridgehead atoms. The number of benzene rings is 1. The molecule has 1 saturated heterocycles. The van der Waals surface area contributed by atoms with Crippen molar-refractivity contribution in [3.63, 3.8) is 0 Å². The zero-order valence-corrected chi connectivity index (χ0v) is 12.9. The number of rotatable bonds is 5. The van der Waals surface area contributed by atoms with E-state index in [1.54, 1.807) is 19.1 Å². The predicted molar refractivity (Wildman–Crippen MR) is 78.0 cm³/mol. The lowest BCUT2D eigenvalue weighted by molar-refractivity contribution is -0.227. The number of alkyl halides is 3. The minimum atomic E-state index is -4.24. The number of halogens is 3. The molecule has 0 amide bonds. The number of phenols is 1. The molecule has 0 aromatic heterocycles. The van der Waals surface area contributed by atoms with Crippen molar-refractivity contribution < 1.29 is 23.0 Å². The molecule has 0 spiro atoms. The molecule has 6 heteroatoms. The Kier molecular flexibility index (Phi) is 4.90. The van der Waals surface area contributed by atoms with Crippen LogP contribution in [0.4, 0.5) is 13.2 Å². The van der Waals surface area contributed by atoms with Crippen molar-refractivity contribution in [3.8, 4) is 11.5 Å². The van der Waals surface area contributed by atoms with Crippen molar-refractivity contribution in [1.82, 2.24) is 4.90 Å². The highest BCUT2D eigenvalue weighted by Gasteiger charge is 2.59. The maximum absolute atomic E-state index is 13.6. The summed E-state index contributed by atoms with van der Waals surface area (Å²) in [4.78, 5) is 1.51. The Balaban J connectivity index is 2.25. The van der Waals surface area contributed by atoms with Crippen LogP contribution in [0.25, 0.3) is 0 Å². The van der Waals surface area contributed by atoms with Crippen molar-refractivity contribution in [2.24, 2.45) is 0 Å². The summed E-state index contributed by atoms with van der Waals surface area (Å²) in [6, 6.07) is 4.75. The van der Waals surface area contributed by atoms with Crippen molar-refractivity contribution in [3.05, 3.63) is 23.8 Å². The molecule has 3 nitrogen and oxygen atoms in total. The third-order valence-electron chi connectivity index (χ3n) is 4.43. The van der Waals surface area contributed by atoms with Crippen molar-refractivity contribution in [1.29, 1.82) is 0 Å². The molecule has 0 saturated carbocycles. The molecule has 22 heavy (non-hydrogen) atoms. The van der Waals surface area contributed by atoms with Crippen molar-refractivity contribution in [2.75, 3.05) is 13.7 Å². The maximum atomic E-state index is 13.6. The topological polar surface area (TPSA) is 32.7 Å². The summed E-state index contributed by atoms with van der Waals surface area (Å²) in [5.41, 5.74) is -1.08. The molecule has 1 aliphatic heterocycles. The first-order valence-corrected chi connectivity index (χ1v) is 7.51. The number of likely N-dealkylation sites (tertiary alicyclic amines) is 1. The van der Waals surface area contributed by atoms with Crippen molar-refractivity contribution in [2.45, 2.75) is 50.9 Å². The molecule has 0 aliphatic carbocycles. The summed E-state index contributed by atoms with van der Waals surface area (Å²) >= 11 is 0. The van der Waals surface area contributed by atoms with Crippen LogP contribution in [-0.2, 0) is 6.54 Å². The molecule has 2 rings (SSSR count). The normalized spacial score (nSPS) is 23.0. The van der Waals surface area contributed by atoms with E-state index < -0.39 is 11.7 Å². The minimum Gasteiger partial charge on any atom is -0.504 e. The molecule has 1 aliphatic rings. The molecular formula is C16H22F3NO2. The lowest BCUT2D eigenvalue weighted by atomic mass is 9.89. The summed E-state index contributed by atoms with van der Waals surface area (Å²) in [7, 11) is 1.44. The zero-order valence-electron chi connectivity index (χ0n) is 12.9. The van der Waals surface area contributed by atoms with Gasteiger partial charge in [-0.15, -0.1) is 0 Å². The molecule has 0 radical (unpaired) electrons. The second-order valence-electron chi connectivity index (χ2n) is 5.81. The highest BCUT2D eigenvalue weighted by Crippen LogP contribution is 2.47. The number of aromatic hydroxyl groups is 1. The smallest absolute Gasteiger partial charge is 0.406 e. The van der Waals surface area contributed by atoms with E-state index >= 15 is 0 Å². The van der Waals surface area contributed by atoms with Crippen LogP contribution in [0.3, 0.4) is 0 Å². The minimum absolute atomic E-state index is 0.0488. The fraction of sp³-hybridized carbons (Fsp3) is 0.625. The van der Waals surface area contributed by atoms with Gasteiger partial charge in [0.2, 0.25) is 0 Å². The highest BCUT2D eigenvalue weighted by atomic mass is 19.4. The van der Waals surface area contributed by atoms with E-state index in [2.05, 4.69) is 0 Å². The molecule has 1 atom stereocenters. The van der Waals surface area contributed by atoms with Gasteiger partial charge in [-0.3, -0.25) is 4.90 Å². The first kappa shape index (κ1) is 16.9. The largest absolute Gasteiger partial charge is 0.504 e. The Bertz CT molecular complexity index is 519. The summed E-state index contributed by atoms with van der Waals surface area (Å²) in [5.74, 6) is 0.271. The molecular weight excluding hydrogens is 295 g/mol. The van der Waals surface area contributed by atoms with Crippen LogP contribution < -0.4 is 4.74 Å². The standard InChI is InChI=1S/C16H22F3NO2/c1-3-7-15(16(17,18)19)8-4-9-20(15)11-12-5-6-14(22-2)13(21)10-12/h5-6,10,21H,3-4,7-9,11H2,1-2H3. The predicted octanol–water partition coefficient (Wildman–Crippen LogP) is 4.10. The number of hydrogen-bond acceptors (Lipinski definition) is 3. The van der Waals surface area contributed by atoms with Crippen molar-refractivity contribution >= 4 is 0 Å². The first-order valence-electron chi connectivity index (χ1n) is 7.51. The van der Waals surface area contributed by atoms with E-state index in [9.17, 15) is 18.3 Å². The van der Waals surface area contributed by atoms with Gasteiger partial charge < -0.3 is 9.84 Å². The monoisotopic (exact) mass is 317 g/mol. The zero-order chi connectivity index (χ0) is 16.4. The van der Waals surface area contributed by atoms with E-state index in [-0.39, 0.29) is 25.1 Å². The molecule has 1 unspecified atom stereocenters. The number of methoxy groups -OCH3 is 1. The van der Waals surface area contributed by atoms with E-state index in [4.69, 9.17) is 4.74 Å². The number of nitrogens with zero attached hydrogens (tertiary/aromatic N) is 1. The van der Waals surface area contributed by atoms with Gasteiger partial charge in [0.15, 0.2) is 11.5 Å². The number of phenolic OH excluding ortho intramolecular Hbond substituents is 1. The van der Waals surface area contributed by atoms with Crippen LogP contribution in [0.5, 0.6) is 11.5 Å². The van der Waals surface area contributed by atoms with Gasteiger partial charge in [-0.1, -0.05) is 19.4 Å². The summed E-state index contributed by atoms with van der Waals surface area (Å²) in [5, 5.41) is 9.79. The SMILES string of the molecule is CCCC1(C(F)(F)F)CCCN1Cc1ccc(OC)c(O)c1. The number of hydrogen-bond donors (Lipinski definition) is 1. The fourth-order valence-electron chi connectivity index (χ4n) is 3.38. The van der Waals surface area contributed by atoms with Gasteiger partial charge in [0, 0.05) is 6.54 Å². The lowest BCUT2D eigenvalue weighted by Crippen LogP contribution is -2.54. The lowest BCUT2D eigenvalue weighted by Gasteiger charge is -2.40. The number of ether oxygens (including phenoxy) is 1. The molecule has 1 aromatic carbocycles. The summed E-state index contributed by atoms with van der Waals surface area (Å²) < 4.78 is 45.9. The van der Waals surface area contributed by atoms with Gasteiger partial charge in [-0.2, -0.15) is 13.2 Å². The molecule has 1 aromatic rings. The summed E-state index contributed by atoms with van der Waals surface area (Å²) in [6.07, 6.45) is -2.95. The third-order valence-corrected chi connectivity index (χ3v) is 4.43. The van der Waals surface area contributed by atoms with Crippen LogP contribution in [-0.4, -0.2) is 35.4 Å². The van der Waals surface area contributed by atoms with Crippen LogP contribution in [0.15, 0.2) is 18.2 Å². The van der Waals surface area contributed by atoms with Gasteiger partial charge in [-0.25, -0.2) is 0 Å². The maximum Gasteiger partial charge on any atom is 0.406 e. The highest BCUT2D eigenvalue weighted by molar-refractivity contribution is 5.41. The van der Waals surface area contributed by atoms with Crippen LogP contribution in [0.1, 0.15) is 38.2 Å². The van der Waals surface area contributed by atoms with Crippen LogP contribution >= 0.6 is 0 Å². The average Bonchev–Trinajstić information content (AvgIpc) is 2.83. The van der Waals surface area contributed by atoms with Gasteiger partial charge in [0.05, 0.1) is 7.11 Å².